The Kier molecular flexibility index (Phi) is 4.02. The number of rotatable bonds is 6. The van der Waals surface area contributed by atoms with Crippen molar-refractivity contribution in [3.8, 4) is 0 Å². The monoisotopic (exact) mass is 237 g/mol. The molecular weight excluding hydrogens is 214 g/mol. The molecule has 1 fully saturated rings. The van der Waals surface area contributed by atoms with Gasteiger partial charge in [-0.1, -0.05) is 20.3 Å². The van der Waals surface area contributed by atoms with Crippen LogP contribution in [0.5, 0.6) is 0 Å². The van der Waals surface area contributed by atoms with Gasteiger partial charge in [0.2, 0.25) is 0 Å². The van der Waals surface area contributed by atoms with Crippen molar-refractivity contribution in [3.63, 3.8) is 0 Å². The summed E-state index contributed by atoms with van der Waals surface area (Å²) in [4.78, 5) is 0. The molecule has 2 unspecified atom stereocenters. The number of hydrogen-bond acceptors (Lipinski definition) is 4. The Hall–Kier alpha value is -1.07. The molecular formula is C12H23N5. The van der Waals surface area contributed by atoms with Crippen LogP contribution in [0.4, 0.5) is 5.82 Å². The van der Waals surface area contributed by atoms with Crippen molar-refractivity contribution in [2.45, 2.75) is 32.4 Å². The van der Waals surface area contributed by atoms with Crippen molar-refractivity contribution in [2.75, 3.05) is 25.0 Å². The van der Waals surface area contributed by atoms with Gasteiger partial charge in [0.1, 0.15) is 5.82 Å². The summed E-state index contributed by atoms with van der Waals surface area (Å²) in [5.41, 5.74) is 6.11. The molecule has 4 N–H and O–H groups in total. The zero-order chi connectivity index (χ0) is 12.3. The standard InChI is InChI=1S/C12H23N5/c1-3-9(2)11(13)8-15-12-4-5-16-17(12)10-6-14-7-10/h4-5,9-11,14-15H,3,6-8,13H2,1-2H3. The van der Waals surface area contributed by atoms with E-state index in [4.69, 9.17) is 5.73 Å². The fraction of sp³-hybridized carbons (Fsp3) is 0.750. The number of anilines is 1. The maximum Gasteiger partial charge on any atom is 0.124 e. The normalized spacial score (nSPS) is 19.7. The number of nitrogens with two attached hydrogens (primary N) is 1. The van der Waals surface area contributed by atoms with Crippen LogP contribution in [-0.4, -0.2) is 35.5 Å². The molecule has 17 heavy (non-hydrogen) atoms. The predicted molar refractivity (Wildman–Crippen MR) is 70.1 cm³/mol. The van der Waals surface area contributed by atoms with E-state index in [0.717, 1.165) is 31.9 Å². The summed E-state index contributed by atoms with van der Waals surface area (Å²) >= 11 is 0. The number of nitrogens with one attached hydrogen (secondary N) is 2. The van der Waals surface area contributed by atoms with Gasteiger partial charge in [-0.3, -0.25) is 0 Å². The topological polar surface area (TPSA) is 67.9 Å². The molecule has 0 aromatic carbocycles. The molecule has 1 saturated heterocycles. The quantitative estimate of drug-likeness (QED) is 0.685. The van der Waals surface area contributed by atoms with Gasteiger partial charge in [-0.05, 0) is 5.92 Å². The molecule has 0 spiro atoms. The van der Waals surface area contributed by atoms with Gasteiger partial charge < -0.3 is 16.4 Å². The number of hydrogen-bond donors (Lipinski definition) is 3. The minimum atomic E-state index is 0.197. The molecule has 0 aliphatic carbocycles. The highest BCUT2D eigenvalue weighted by Crippen LogP contribution is 2.17. The molecule has 96 valence electrons. The van der Waals surface area contributed by atoms with Gasteiger partial charge in [0.25, 0.3) is 0 Å². The third-order valence-corrected chi connectivity index (χ3v) is 3.67. The maximum absolute atomic E-state index is 6.11. The van der Waals surface area contributed by atoms with Crippen LogP contribution in [0.3, 0.4) is 0 Å². The van der Waals surface area contributed by atoms with Crippen molar-refractivity contribution in [2.24, 2.45) is 11.7 Å². The molecule has 2 rings (SSSR count). The summed E-state index contributed by atoms with van der Waals surface area (Å²) in [7, 11) is 0. The largest absolute Gasteiger partial charge is 0.369 e. The highest BCUT2D eigenvalue weighted by molar-refractivity contribution is 5.35. The minimum Gasteiger partial charge on any atom is -0.369 e. The van der Waals surface area contributed by atoms with Crippen molar-refractivity contribution in [1.29, 1.82) is 0 Å². The molecule has 1 aliphatic heterocycles. The Balaban J connectivity index is 1.88. The Labute approximate surface area is 103 Å². The van der Waals surface area contributed by atoms with Crippen molar-refractivity contribution in [3.05, 3.63) is 12.3 Å². The van der Waals surface area contributed by atoms with Crippen LogP contribution < -0.4 is 16.4 Å². The van der Waals surface area contributed by atoms with Crippen LogP contribution in [0.2, 0.25) is 0 Å². The van der Waals surface area contributed by atoms with Gasteiger partial charge in [-0.2, -0.15) is 5.10 Å². The first kappa shape index (κ1) is 12.4. The van der Waals surface area contributed by atoms with Crippen molar-refractivity contribution < 1.29 is 0 Å². The van der Waals surface area contributed by atoms with E-state index < -0.39 is 0 Å². The van der Waals surface area contributed by atoms with Gasteiger partial charge in [0.15, 0.2) is 0 Å². The van der Waals surface area contributed by atoms with Gasteiger partial charge >= 0.3 is 0 Å². The lowest BCUT2D eigenvalue weighted by Crippen LogP contribution is -2.44. The Morgan fingerprint density at radius 1 is 1.65 bits per heavy atom. The number of aromatic nitrogens is 2. The fourth-order valence-electron chi connectivity index (χ4n) is 1.92. The Morgan fingerprint density at radius 3 is 3.00 bits per heavy atom. The van der Waals surface area contributed by atoms with E-state index >= 15 is 0 Å². The molecule has 5 heteroatoms. The van der Waals surface area contributed by atoms with E-state index in [9.17, 15) is 0 Å². The second-order valence-corrected chi connectivity index (χ2v) is 4.90. The van der Waals surface area contributed by atoms with Crippen LogP contribution in [-0.2, 0) is 0 Å². The third-order valence-electron chi connectivity index (χ3n) is 3.67. The van der Waals surface area contributed by atoms with Gasteiger partial charge in [-0.15, -0.1) is 0 Å². The second kappa shape index (κ2) is 5.51. The SMILES string of the molecule is CCC(C)C(N)CNc1ccnn1C1CNC1. The molecule has 0 bridgehead atoms. The molecule has 0 radical (unpaired) electrons. The summed E-state index contributed by atoms with van der Waals surface area (Å²) < 4.78 is 2.06. The van der Waals surface area contributed by atoms with Gasteiger partial charge in [0, 0.05) is 31.7 Å². The smallest absolute Gasteiger partial charge is 0.124 e. The lowest BCUT2D eigenvalue weighted by atomic mass is 10.0. The average Bonchev–Trinajstić information content (AvgIpc) is 2.70. The van der Waals surface area contributed by atoms with Crippen LogP contribution in [0, 0.1) is 5.92 Å². The maximum atomic E-state index is 6.11. The van der Waals surface area contributed by atoms with Crippen molar-refractivity contribution >= 4 is 5.82 Å². The zero-order valence-corrected chi connectivity index (χ0v) is 10.7. The molecule has 1 aliphatic rings. The summed E-state index contributed by atoms with van der Waals surface area (Å²) in [6.45, 7) is 7.19. The van der Waals surface area contributed by atoms with E-state index in [1.807, 2.05) is 12.3 Å². The summed E-state index contributed by atoms with van der Waals surface area (Å²) in [5.74, 6) is 1.62. The van der Waals surface area contributed by atoms with Gasteiger partial charge in [0.05, 0.1) is 12.2 Å². The van der Waals surface area contributed by atoms with E-state index in [1.165, 1.54) is 0 Å². The van der Waals surface area contributed by atoms with E-state index in [0.29, 0.717) is 12.0 Å². The van der Waals surface area contributed by atoms with Crippen molar-refractivity contribution in [1.82, 2.24) is 15.1 Å². The predicted octanol–water partition coefficient (Wildman–Crippen LogP) is 0.813. The van der Waals surface area contributed by atoms with E-state index in [1.54, 1.807) is 0 Å². The molecule has 1 aromatic rings. The molecule has 0 saturated carbocycles. The minimum absolute atomic E-state index is 0.197. The highest BCUT2D eigenvalue weighted by Gasteiger charge is 2.21. The molecule has 1 aromatic heterocycles. The van der Waals surface area contributed by atoms with Crippen LogP contribution in [0.15, 0.2) is 12.3 Å². The molecule has 2 heterocycles. The van der Waals surface area contributed by atoms with E-state index in [-0.39, 0.29) is 6.04 Å². The highest BCUT2D eigenvalue weighted by atomic mass is 15.4. The van der Waals surface area contributed by atoms with Crippen LogP contribution in [0.1, 0.15) is 26.3 Å². The lowest BCUT2D eigenvalue weighted by molar-refractivity contribution is 0.321. The molecule has 2 atom stereocenters. The first-order valence-electron chi connectivity index (χ1n) is 6.46. The van der Waals surface area contributed by atoms with Crippen LogP contribution in [0.25, 0.3) is 0 Å². The van der Waals surface area contributed by atoms with Crippen LogP contribution >= 0.6 is 0 Å². The summed E-state index contributed by atoms with van der Waals surface area (Å²) in [6, 6.07) is 2.71. The van der Waals surface area contributed by atoms with E-state index in [2.05, 4.69) is 34.3 Å². The Morgan fingerprint density at radius 2 is 2.41 bits per heavy atom. The summed E-state index contributed by atoms with van der Waals surface area (Å²) in [5, 5.41) is 11.0. The Bertz CT molecular complexity index is 344. The molecule has 0 amide bonds. The lowest BCUT2D eigenvalue weighted by Gasteiger charge is -2.29. The number of nitrogens with zero attached hydrogens (tertiary/aromatic N) is 2. The molecule has 5 nitrogen and oxygen atoms in total. The second-order valence-electron chi connectivity index (χ2n) is 4.90. The first-order chi connectivity index (χ1) is 8.22. The van der Waals surface area contributed by atoms with Gasteiger partial charge in [-0.25, -0.2) is 4.68 Å². The summed E-state index contributed by atoms with van der Waals surface area (Å²) in [6.07, 6.45) is 2.96. The third kappa shape index (κ3) is 2.79. The first-order valence-corrected chi connectivity index (χ1v) is 6.46. The zero-order valence-electron chi connectivity index (χ0n) is 10.7. The fourth-order valence-corrected chi connectivity index (χ4v) is 1.92. The average molecular weight is 237 g/mol.